The molecule has 0 aromatic heterocycles. The second-order valence-corrected chi connectivity index (χ2v) is 5.66. The first-order chi connectivity index (χ1) is 6.87. The van der Waals surface area contributed by atoms with E-state index in [1.54, 1.807) is 0 Å². The minimum atomic E-state index is -3.22. The van der Waals surface area contributed by atoms with Crippen LogP contribution >= 0.6 is 0 Å². The van der Waals surface area contributed by atoms with Crippen LogP contribution in [0.2, 0.25) is 0 Å². The maximum absolute atomic E-state index is 11.4. The Balaban J connectivity index is 3.85. The minimum Gasteiger partial charge on any atom is -0.409 e. The molecule has 0 rings (SSSR count). The maximum Gasteiger partial charge on any atom is 0.211 e. The molecule has 7 heteroatoms. The van der Waals surface area contributed by atoms with E-state index in [1.165, 1.54) is 0 Å². The van der Waals surface area contributed by atoms with E-state index in [1.807, 2.05) is 13.8 Å². The molecule has 0 aromatic rings. The Bertz CT molecular complexity index is 298. The molecule has 4 N–H and O–H groups in total. The number of nitrogens with zero attached hydrogens (tertiary/aromatic N) is 1. The van der Waals surface area contributed by atoms with Gasteiger partial charge in [-0.25, -0.2) is 13.1 Å². The molecule has 0 saturated heterocycles. The number of oxime groups is 1. The lowest BCUT2D eigenvalue weighted by Gasteiger charge is -2.07. The van der Waals surface area contributed by atoms with E-state index in [9.17, 15) is 8.42 Å². The fraction of sp³-hybridized carbons (Fsp3) is 0.875. The quantitative estimate of drug-likeness (QED) is 0.252. The minimum absolute atomic E-state index is 0.0153. The highest BCUT2D eigenvalue weighted by molar-refractivity contribution is 7.89. The number of sulfonamides is 1. The lowest BCUT2D eigenvalue weighted by atomic mass is 10.2. The van der Waals surface area contributed by atoms with Gasteiger partial charge in [-0.1, -0.05) is 19.0 Å². The second-order valence-electron chi connectivity index (χ2n) is 3.74. The average Bonchev–Trinajstić information content (AvgIpc) is 2.14. The van der Waals surface area contributed by atoms with Gasteiger partial charge in [0.25, 0.3) is 0 Å². The van der Waals surface area contributed by atoms with Crippen LogP contribution in [0.25, 0.3) is 0 Å². The van der Waals surface area contributed by atoms with Crippen LogP contribution in [0.1, 0.15) is 26.7 Å². The van der Waals surface area contributed by atoms with Crippen LogP contribution in [-0.4, -0.2) is 31.8 Å². The van der Waals surface area contributed by atoms with Gasteiger partial charge in [-0.05, 0) is 12.3 Å². The lowest BCUT2D eigenvalue weighted by Crippen LogP contribution is -2.30. The maximum atomic E-state index is 11.4. The lowest BCUT2D eigenvalue weighted by molar-refractivity contribution is 0.317. The number of hydrogen-bond donors (Lipinski definition) is 3. The van der Waals surface area contributed by atoms with E-state index in [-0.39, 0.29) is 24.6 Å². The van der Waals surface area contributed by atoms with Gasteiger partial charge >= 0.3 is 0 Å². The monoisotopic (exact) mass is 237 g/mol. The van der Waals surface area contributed by atoms with Gasteiger partial charge in [-0.15, -0.1) is 0 Å². The zero-order valence-electron chi connectivity index (χ0n) is 9.10. The number of hydrogen-bond acceptors (Lipinski definition) is 4. The largest absolute Gasteiger partial charge is 0.409 e. The third kappa shape index (κ3) is 8.19. The molecule has 0 aromatic carbocycles. The smallest absolute Gasteiger partial charge is 0.211 e. The molecule has 0 radical (unpaired) electrons. The molecule has 0 bridgehead atoms. The zero-order valence-corrected chi connectivity index (χ0v) is 9.92. The van der Waals surface area contributed by atoms with Crippen molar-refractivity contribution < 1.29 is 13.6 Å². The van der Waals surface area contributed by atoms with E-state index >= 15 is 0 Å². The molecular formula is C8H19N3O3S. The SMILES string of the molecule is CC(C)CCS(=O)(=O)NCCC(N)=NO. The predicted octanol–water partition coefficient (Wildman–Crippen LogP) is 0.0884. The summed E-state index contributed by atoms with van der Waals surface area (Å²) in [7, 11) is -3.22. The van der Waals surface area contributed by atoms with Crippen molar-refractivity contribution in [2.45, 2.75) is 26.7 Å². The molecule has 0 aliphatic heterocycles. The fourth-order valence-electron chi connectivity index (χ4n) is 0.848. The normalized spacial score (nSPS) is 13.4. The van der Waals surface area contributed by atoms with Crippen LogP contribution in [-0.2, 0) is 10.0 Å². The van der Waals surface area contributed by atoms with E-state index in [2.05, 4.69) is 9.88 Å². The Morgan fingerprint density at radius 2 is 2.13 bits per heavy atom. The van der Waals surface area contributed by atoms with Crippen molar-refractivity contribution in [2.75, 3.05) is 12.3 Å². The first kappa shape index (κ1) is 14.2. The summed E-state index contributed by atoms with van der Waals surface area (Å²) in [6, 6.07) is 0. The van der Waals surface area contributed by atoms with Gasteiger partial charge in [0.2, 0.25) is 10.0 Å². The summed E-state index contributed by atoms with van der Waals surface area (Å²) >= 11 is 0. The van der Waals surface area contributed by atoms with Crippen molar-refractivity contribution in [3.05, 3.63) is 0 Å². The molecule has 90 valence electrons. The molecular weight excluding hydrogens is 218 g/mol. The highest BCUT2D eigenvalue weighted by Crippen LogP contribution is 2.01. The molecule has 6 nitrogen and oxygen atoms in total. The third-order valence-electron chi connectivity index (χ3n) is 1.80. The number of amidine groups is 1. The van der Waals surface area contributed by atoms with Gasteiger partial charge in [0.1, 0.15) is 5.84 Å². The molecule has 0 atom stereocenters. The van der Waals surface area contributed by atoms with Crippen molar-refractivity contribution >= 4 is 15.9 Å². The highest BCUT2D eigenvalue weighted by Gasteiger charge is 2.10. The average molecular weight is 237 g/mol. The first-order valence-corrected chi connectivity index (χ1v) is 6.46. The molecule has 0 aliphatic rings. The predicted molar refractivity (Wildman–Crippen MR) is 59.3 cm³/mol. The van der Waals surface area contributed by atoms with Crippen molar-refractivity contribution in [2.24, 2.45) is 16.8 Å². The zero-order chi connectivity index (χ0) is 11.9. The van der Waals surface area contributed by atoms with Crippen LogP contribution in [0, 0.1) is 5.92 Å². The van der Waals surface area contributed by atoms with Gasteiger partial charge in [0.15, 0.2) is 0 Å². The Kier molecular flexibility index (Phi) is 6.26. The Morgan fingerprint density at radius 3 is 2.60 bits per heavy atom. The van der Waals surface area contributed by atoms with E-state index in [0.29, 0.717) is 12.3 Å². The molecule has 15 heavy (non-hydrogen) atoms. The third-order valence-corrected chi connectivity index (χ3v) is 3.21. The van der Waals surface area contributed by atoms with Crippen molar-refractivity contribution in [1.29, 1.82) is 0 Å². The fourth-order valence-corrected chi connectivity index (χ4v) is 2.19. The number of nitrogens with two attached hydrogens (primary N) is 1. The Hall–Kier alpha value is -0.820. The Morgan fingerprint density at radius 1 is 1.53 bits per heavy atom. The summed E-state index contributed by atoms with van der Waals surface area (Å²) in [6.45, 7) is 4.09. The second kappa shape index (κ2) is 6.62. The molecule has 0 saturated carbocycles. The van der Waals surface area contributed by atoms with Crippen LogP contribution in [0.3, 0.4) is 0 Å². The molecule has 0 fully saturated rings. The summed E-state index contributed by atoms with van der Waals surface area (Å²) in [5, 5.41) is 11.0. The first-order valence-electron chi connectivity index (χ1n) is 4.81. The van der Waals surface area contributed by atoms with Crippen LogP contribution in [0.5, 0.6) is 0 Å². The summed E-state index contributed by atoms with van der Waals surface area (Å²) in [4.78, 5) is 0. The van der Waals surface area contributed by atoms with Gasteiger partial charge in [-0.2, -0.15) is 0 Å². The molecule has 0 heterocycles. The van der Waals surface area contributed by atoms with Crippen molar-refractivity contribution in [3.8, 4) is 0 Å². The van der Waals surface area contributed by atoms with Crippen LogP contribution in [0.4, 0.5) is 0 Å². The van der Waals surface area contributed by atoms with Crippen molar-refractivity contribution in [1.82, 2.24) is 4.72 Å². The van der Waals surface area contributed by atoms with Gasteiger partial charge in [0.05, 0.1) is 5.75 Å². The highest BCUT2D eigenvalue weighted by atomic mass is 32.2. The van der Waals surface area contributed by atoms with Crippen molar-refractivity contribution in [3.63, 3.8) is 0 Å². The van der Waals surface area contributed by atoms with E-state index < -0.39 is 10.0 Å². The summed E-state index contributed by atoms with van der Waals surface area (Å²) in [6.07, 6.45) is 0.830. The molecule has 0 unspecified atom stereocenters. The van der Waals surface area contributed by atoms with Gasteiger partial charge in [-0.3, -0.25) is 0 Å². The van der Waals surface area contributed by atoms with Crippen LogP contribution < -0.4 is 10.5 Å². The summed E-state index contributed by atoms with van der Waals surface area (Å²) in [5.41, 5.74) is 5.19. The van der Waals surface area contributed by atoms with Gasteiger partial charge < -0.3 is 10.9 Å². The molecule has 0 amide bonds. The van der Waals surface area contributed by atoms with E-state index in [4.69, 9.17) is 10.9 Å². The van der Waals surface area contributed by atoms with Gasteiger partial charge in [0, 0.05) is 13.0 Å². The number of nitrogens with one attached hydrogen (secondary N) is 1. The summed E-state index contributed by atoms with van der Waals surface area (Å²) in [5.74, 6) is 0.480. The molecule has 0 spiro atoms. The Labute approximate surface area is 90.6 Å². The van der Waals surface area contributed by atoms with E-state index in [0.717, 1.165) is 0 Å². The van der Waals surface area contributed by atoms with Crippen LogP contribution in [0.15, 0.2) is 5.16 Å². The number of rotatable bonds is 7. The summed E-state index contributed by atoms with van der Waals surface area (Å²) < 4.78 is 25.1. The molecule has 0 aliphatic carbocycles. The topological polar surface area (TPSA) is 105 Å². The standard InChI is InChI=1S/C8H19N3O3S/c1-7(2)4-6-15(13,14)10-5-3-8(9)11-12/h7,10,12H,3-6H2,1-2H3,(H2,9,11).